The average molecular weight is 459 g/mol. The fourth-order valence-electron chi connectivity index (χ4n) is 3.34. The molecule has 3 aromatic carbocycles. The molecule has 4 rings (SSSR count). The first-order valence-corrected chi connectivity index (χ1v) is 9.23. The molecule has 0 N–H and O–H groups in total. The summed E-state index contributed by atoms with van der Waals surface area (Å²) in [5.41, 5.74) is -0.0943. The van der Waals surface area contributed by atoms with E-state index in [1.54, 1.807) is 0 Å². The number of halogens is 2. The van der Waals surface area contributed by atoms with Crippen molar-refractivity contribution in [3.05, 3.63) is 100 Å². The highest BCUT2D eigenvalue weighted by molar-refractivity contribution is 6.42. The number of nitro groups is 3. The molecule has 0 amide bonds. The van der Waals surface area contributed by atoms with Gasteiger partial charge in [0.2, 0.25) is 0 Å². The van der Waals surface area contributed by atoms with Crippen LogP contribution in [0.3, 0.4) is 0 Å². The quantitative estimate of drug-likeness (QED) is 0.276. The van der Waals surface area contributed by atoms with Gasteiger partial charge in [0.15, 0.2) is 0 Å². The van der Waals surface area contributed by atoms with E-state index in [2.05, 4.69) is 4.99 Å². The van der Waals surface area contributed by atoms with Gasteiger partial charge in [-0.15, -0.1) is 0 Å². The van der Waals surface area contributed by atoms with E-state index in [0.717, 1.165) is 12.1 Å². The number of aliphatic imine (C=N–C) groups is 1. The first-order chi connectivity index (χ1) is 14.7. The van der Waals surface area contributed by atoms with Crippen molar-refractivity contribution in [2.24, 2.45) is 4.99 Å². The number of nitro benzene ring substituents is 3. The van der Waals surface area contributed by atoms with Gasteiger partial charge < -0.3 is 0 Å². The van der Waals surface area contributed by atoms with Crippen molar-refractivity contribution in [3.63, 3.8) is 0 Å². The molecule has 0 saturated carbocycles. The van der Waals surface area contributed by atoms with Crippen molar-refractivity contribution >= 4 is 51.7 Å². The topological polar surface area (TPSA) is 142 Å². The molecule has 0 atom stereocenters. The summed E-state index contributed by atoms with van der Waals surface area (Å²) >= 11 is 12.0. The van der Waals surface area contributed by atoms with Crippen LogP contribution in [0.5, 0.6) is 0 Å². The van der Waals surface area contributed by atoms with Crippen LogP contribution in [0.2, 0.25) is 10.0 Å². The Balaban J connectivity index is 2.08. The minimum Gasteiger partial charge on any atom is -0.258 e. The molecule has 0 aliphatic heterocycles. The van der Waals surface area contributed by atoms with Gasteiger partial charge in [0.25, 0.3) is 17.1 Å². The van der Waals surface area contributed by atoms with Gasteiger partial charge in [-0.1, -0.05) is 23.2 Å². The smallest absolute Gasteiger partial charge is 0.258 e. The van der Waals surface area contributed by atoms with E-state index in [4.69, 9.17) is 23.2 Å². The van der Waals surface area contributed by atoms with Crippen molar-refractivity contribution in [1.29, 1.82) is 0 Å². The van der Waals surface area contributed by atoms with Crippen LogP contribution in [0, 0.1) is 30.3 Å². The minimum absolute atomic E-state index is 0.0966. The molecule has 1 aliphatic carbocycles. The molecule has 0 fully saturated rings. The second-order valence-corrected chi connectivity index (χ2v) is 7.26. The zero-order valence-electron chi connectivity index (χ0n) is 15.1. The normalized spacial score (nSPS) is 13.0. The zero-order valence-corrected chi connectivity index (χ0v) is 16.6. The van der Waals surface area contributed by atoms with Crippen LogP contribution >= 0.6 is 23.2 Å². The summed E-state index contributed by atoms with van der Waals surface area (Å²) in [6.07, 6.45) is 0. The third-order valence-corrected chi connectivity index (χ3v) is 5.39. The number of hydrogen-bond donors (Lipinski definition) is 0. The van der Waals surface area contributed by atoms with Gasteiger partial charge in [-0.25, -0.2) is 4.99 Å². The Hall–Kier alpha value is -3.89. The van der Waals surface area contributed by atoms with E-state index >= 15 is 0 Å². The van der Waals surface area contributed by atoms with Crippen molar-refractivity contribution in [1.82, 2.24) is 0 Å². The Kier molecular flexibility index (Phi) is 4.88. The summed E-state index contributed by atoms with van der Waals surface area (Å²) in [6, 6.07) is 10.3. The van der Waals surface area contributed by atoms with Crippen molar-refractivity contribution < 1.29 is 14.8 Å². The summed E-state index contributed by atoms with van der Waals surface area (Å²) in [4.78, 5) is 36.7. The Morgan fingerprint density at radius 1 is 0.677 bits per heavy atom. The van der Waals surface area contributed by atoms with Crippen LogP contribution < -0.4 is 0 Å². The van der Waals surface area contributed by atoms with E-state index in [1.165, 1.54) is 36.4 Å². The largest absolute Gasteiger partial charge is 0.284 e. The molecule has 10 nitrogen and oxygen atoms in total. The Labute approximate surface area is 182 Å². The predicted octanol–water partition coefficient (Wildman–Crippen LogP) is 5.87. The minimum atomic E-state index is -0.754. The van der Waals surface area contributed by atoms with Crippen LogP contribution in [0.4, 0.5) is 22.7 Å². The Morgan fingerprint density at radius 3 is 1.97 bits per heavy atom. The van der Waals surface area contributed by atoms with E-state index in [1.807, 2.05) is 0 Å². The zero-order chi connectivity index (χ0) is 22.4. The van der Waals surface area contributed by atoms with Crippen LogP contribution in [-0.4, -0.2) is 20.5 Å². The van der Waals surface area contributed by atoms with E-state index in [-0.39, 0.29) is 38.1 Å². The predicted molar refractivity (Wildman–Crippen MR) is 114 cm³/mol. The summed E-state index contributed by atoms with van der Waals surface area (Å²) in [6.45, 7) is 0. The summed E-state index contributed by atoms with van der Waals surface area (Å²) in [5.74, 6) is 0. The van der Waals surface area contributed by atoms with E-state index < -0.39 is 26.1 Å². The molecule has 0 aromatic heterocycles. The highest BCUT2D eigenvalue weighted by atomic mass is 35.5. The monoisotopic (exact) mass is 458 g/mol. The lowest BCUT2D eigenvalue weighted by atomic mass is 10.0. The van der Waals surface area contributed by atoms with Crippen LogP contribution in [0.1, 0.15) is 11.1 Å². The number of hydrogen-bond acceptors (Lipinski definition) is 7. The van der Waals surface area contributed by atoms with Crippen LogP contribution in [0.15, 0.2) is 53.5 Å². The van der Waals surface area contributed by atoms with Crippen LogP contribution in [0.25, 0.3) is 11.1 Å². The fourth-order valence-corrected chi connectivity index (χ4v) is 3.63. The molecule has 154 valence electrons. The van der Waals surface area contributed by atoms with Gasteiger partial charge in [0.05, 0.1) is 47.8 Å². The third-order valence-electron chi connectivity index (χ3n) is 4.65. The number of benzene rings is 3. The van der Waals surface area contributed by atoms with Gasteiger partial charge in [0, 0.05) is 29.3 Å². The SMILES string of the molecule is O=[N+]([O-])c1ccc2c(c1)C(=Nc1ccc(Cl)c(Cl)c1)c1cc([N+](=O)[O-])cc([N+](=O)[O-])c1-2. The summed E-state index contributed by atoms with van der Waals surface area (Å²) in [5, 5.41) is 34.8. The molecule has 0 bridgehead atoms. The molecule has 12 heteroatoms. The van der Waals surface area contributed by atoms with Gasteiger partial charge in [0.1, 0.15) is 0 Å². The Morgan fingerprint density at radius 2 is 1.35 bits per heavy atom. The second-order valence-electron chi connectivity index (χ2n) is 6.45. The lowest BCUT2D eigenvalue weighted by Gasteiger charge is -2.04. The standard InChI is InChI=1S/C19H8Cl2N4O6/c20-15-4-1-9(5-16(15)21)22-19-13-6-10(23(26)27)2-3-12(13)18-14(19)7-11(24(28)29)8-17(18)25(30)31/h1-8H. The maximum atomic E-state index is 11.7. The van der Waals surface area contributed by atoms with Gasteiger partial charge in [-0.3, -0.25) is 30.3 Å². The van der Waals surface area contributed by atoms with Crippen molar-refractivity contribution in [3.8, 4) is 11.1 Å². The molecule has 0 radical (unpaired) electrons. The second kappa shape index (κ2) is 7.42. The van der Waals surface area contributed by atoms with Crippen molar-refractivity contribution in [2.45, 2.75) is 0 Å². The molecule has 0 heterocycles. The van der Waals surface area contributed by atoms with E-state index in [0.29, 0.717) is 11.3 Å². The maximum Gasteiger partial charge on any atom is 0.284 e. The lowest BCUT2D eigenvalue weighted by Crippen LogP contribution is -2.01. The number of fused-ring (bicyclic) bond motifs is 3. The first-order valence-electron chi connectivity index (χ1n) is 8.47. The average Bonchev–Trinajstić information content (AvgIpc) is 3.02. The van der Waals surface area contributed by atoms with Gasteiger partial charge >= 0.3 is 0 Å². The molecular weight excluding hydrogens is 451 g/mol. The van der Waals surface area contributed by atoms with Gasteiger partial charge in [-0.05, 0) is 29.8 Å². The highest BCUT2D eigenvalue weighted by Gasteiger charge is 2.36. The van der Waals surface area contributed by atoms with E-state index in [9.17, 15) is 30.3 Å². The molecule has 0 unspecified atom stereocenters. The number of non-ortho nitro benzene ring substituents is 2. The Bertz CT molecular complexity index is 1360. The maximum absolute atomic E-state index is 11.7. The summed E-state index contributed by atoms with van der Waals surface area (Å²) < 4.78 is 0. The van der Waals surface area contributed by atoms with Gasteiger partial charge in [-0.2, -0.15) is 0 Å². The fraction of sp³-hybridized carbons (Fsp3) is 0. The first kappa shape index (κ1) is 20.4. The molecule has 0 saturated heterocycles. The highest BCUT2D eigenvalue weighted by Crippen LogP contribution is 2.46. The molecule has 31 heavy (non-hydrogen) atoms. The molecule has 1 aliphatic rings. The summed E-state index contributed by atoms with van der Waals surface area (Å²) in [7, 11) is 0. The molecule has 3 aromatic rings. The molecule has 0 spiro atoms. The number of nitrogens with zero attached hydrogens (tertiary/aromatic N) is 4. The van der Waals surface area contributed by atoms with Crippen molar-refractivity contribution in [2.75, 3.05) is 0 Å². The molecular formula is C19H8Cl2N4O6. The van der Waals surface area contributed by atoms with Crippen LogP contribution in [-0.2, 0) is 0 Å². The third kappa shape index (κ3) is 3.47. The number of rotatable bonds is 4. The lowest BCUT2D eigenvalue weighted by molar-refractivity contribution is -0.393.